The van der Waals surface area contributed by atoms with Gasteiger partial charge in [-0.1, -0.05) is 29.5 Å². The Morgan fingerprint density at radius 3 is 2.64 bits per heavy atom. The minimum absolute atomic E-state index is 0.0346. The third kappa shape index (κ3) is 3.24. The number of ketones is 1. The maximum atomic E-state index is 13.5. The number of rotatable bonds is 3. The Morgan fingerprint density at radius 2 is 1.89 bits per heavy atom. The van der Waals surface area contributed by atoms with Gasteiger partial charge in [0.2, 0.25) is 0 Å². The summed E-state index contributed by atoms with van der Waals surface area (Å²) in [5.41, 5.74) is 4.88. The summed E-state index contributed by atoms with van der Waals surface area (Å²) in [6.07, 6.45) is 5.06. The summed E-state index contributed by atoms with van der Waals surface area (Å²) in [7, 11) is 0. The lowest BCUT2D eigenvalue weighted by Gasteiger charge is -2.22. The van der Waals surface area contributed by atoms with Crippen LogP contribution in [-0.4, -0.2) is 36.1 Å². The molecule has 178 valence electrons. The molecule has 5 aromatic rings. The highest BCUT2D eigenvalue weighted by Crippen LogP contribution is 2.44. The number of fused-ring (bicyclic) bond motifs is 2. The maximum absolute atomic E-state index is 13.5. The summed E-state index contributed by atoms with van der Waals surface area (Å²) >= 11 is 1.33. The topological polar surface area (TPSA) is 101 Å². The van der Waals surface area contributed by atoms with Crippen molar-refractivity contribution in [1.29, 1.82) is 0 Å². The first kappa shape index (κ1) is 22.1. The monoisotopic (exact) mass is 495 g/mol. The van der Waals surface area contributed by atoms with Crippen molar-refractivity contribution in [3.63, 3.8) is 0 Å². The normalized spacial score (nSPS) is 17.5. The Kier molecular flexibility index (Phi) is 4.97. The van der Waals surface area contributed by atoms with Crippen LogP contribution < -0.4 is 4.90 Å². The molecule has 6 rings (SSSR count). The molecule has 1 atom stereocenters. The quantitative estimate of drug-likeness (QED) is 0.217. The number of carbonyl (C=O) groups excluding carboxylic acids is 2. The van der Waals surface area contributed by atoms with E-state index >= 15 is 0 Å². The van der Waals surface area contributed by atoms with Gasteiger partial charge in [-0.3, -0.25) is 19.5 Å². The van der Waals surface area contributed by atoms with E-state index in [9.17, 15) is 14.7 Å². The lowest BCUT2D eigenvalue weighted by atomic mass is 9.97. The summed E-state index contributed by atoms with van der Waals surface area (Å²) in [6, 6.07) is 12.3. The van der Waals surface area contributed by atoms with Crippen LogP contribution in [-0.2, 0) is 9.59 Å². The first-order valence-corrected chi connectivity index (χ1v) is 12.2. The number of nitrogens with zero attached hydrogens (tertiary/aromatic N) is 5. The van der Waals surface area contributed by atoms with Crippen LogP contribution in [0, 0.1) is 20.8 Å². The van der Waals surface area contributed by atoms with Gasteiger partial charge < -0.3 is 9.51 Å². The van der Waals surface area contributed by atoms with Crippen molar-refractivity contribution < 1.29 is 14.7 Å². The lowest BCUT2D eigenvalue weighted by Crippen LogP contribution is -2.29. The summed E-state index contributed by atoms with van der Waals surface area (Å²) < 4.78 is 2.76. The number of hydrogen-bond acceptors (Lipinski definition) is 7. The van der Waals surface area contributed by atoms with Crippen molar-refractivity contribution in [2.24, 2.45) is 0 Å². The van der Waals surface area contributed by atoms with Gasteiger partial charge in [-0.2, -0.15) is 0 Å². The Hall–Kier alpha value is -4.37. The molecule has 1 unspecified atom stereocenters. The van der Waals surface area contributed by atoms with Crippen LogP contribution in [0.4, 0.5) is 5.13 Å². The highest BCUT2D eigenvalue weighted by atomic mass is 32.1. The molecule has 1 fully saturated rings. The highest BCUT2D eigenvalue weighted by Gasteiger charge is 2.48. The van der Waals surface area contributed by atoms with Gasteiger partial charge >= 0.3 is 5.91 Å². The van der Waals surface area contributed by atoms with Crippen LogP contribution in [0.25, 0.3) is 21.6 Å². The van der Waals surface area contributed by atoms with Crippen molar-refractivity contribution >= 4 is 49.8 Å². The molecular weight excluding hydrogens is 474 g/mol. The van der Waals surface area contributed by atoms with Crippen molar-refractivity contribution in [1.82, 2.24) is 19.4 Å². The summed E-state index contributed by atoms with van der Waals surface area (Å²) in [4.78, 5) is 41.8. The number of aromatic nitrogens is 4. The van der Waals surface area contributed by atoms with Crippen molar-refractivity contribution in [2.45, 2.75) is 26.8 Å². The Bertz CT molecular complexity index is 1730. The molecule has 1 aliphatic rings. The number of anilines is 1. The molecule has 36 heavy (non-hydrogen) atoms. The second-order valence-electron chi connectivity index (χ2n) is 8.85. The van der Waals surface area contributed by atoms with Crippen LogP contribution in [0.15, 0.2) is 66.6 Å². The molecule has 0 saturated carbocycles. The number of aliphatic hydroxyl groups is 1. The number of aryl methyl sites for hydroxylation is 3. The number of aliphatic hydroxyl groups excluding tert-OH is 1. The minimum Gasteiger partial charge on any atom is -0.505 e. The Morgan fingerprint density at radius 1 is 1.06 bits per heavy atom. The number of hydrogen-bond donors (Lipinski definition) is 1. The standard InChI is InChI=1S/C27H21N5O3S/c1-14-8-9-18-19(12-14)36-27(29-18)32-22(17-7-4-10-28-13-17)20(24(34)26(32)35)23(33)21-16(3)31-11-5-6-15(2)25(31)30-21/h4-13,22,33H,1-3H3/b23-20+. The molecule has 1 N–H and O–H groups in total. The van der Waals surface area contributed by atoms with Crippen molar-refractivity contribution in [3.8, 4) is 0 Å². The van der Waals surface area contributed by atoms with Gasteiger partial charge in [-0.15, -0.1) is 0 Å². The van der Waals surface area contributed by atoms with Crippen molar-refractivity contribution in [2.75, 3.05) is 4.90 Å². The van der Waals surface area contributed by atoms with E-state index in [2.05, 4.69) is 15.0 Å². The average Bonchev–Trinajstić information content (AvgIpc) is 3.52. The van der Waals surface area contributed by atoms with Gasteiger partial charge in [0.1, 0.15) is 11.3 Å². The third-order valence-corrected chi connectivity index (χ3v) is 7.51. The van der Waals surface area contributed by atoms with Gasteiger partial charge in [0, 0.05) is 18.6 Å². The number of amides is 1. The molecule has 0 aliphatic carbocycles. The predicted octanol–water partition coefficient (Wildman–Crippen LogP) is 4.89. The van der Waals surface area contributed by atoms with E-state index in [4.69, 9.17) is 0 Å². The molecule has 0 bridgehead atoms. The van der Waals surface area contributed by atoms with E-state index in [1.165, 1.54) is 16.2 Å². The first-order valence-electron chi connectivity index (χ1n) is 11.4. The fraction of sp³-hybridized carbons (Fsp3) is 0.148. The zero-order valence-electron chi connectivity index (χ0n) is 19.8. The molecular formula is C27H21N5O3S. The minimum atomic E-state index is -0.898. The summed E-state index contributed by atoms with van der Waals surface area (Å²) in [5.74, 6) is -1.86. The van der Waals surface area contributed by atoms with Gasteiger partial charge in [-0.25, -0.2) is 9.97 Å². The zero-order valence-corrected chi connectivity index (χ0v) is 20.6. The van der Waals surface area contributed by atoms with E-state index in [1.54, 1.807) is 24.5 Å². The van der Waals surface area contributed by atoms with Crippen LogP contribution in [0.2, 0.25) is 0 Å². The summed E-state index contributed by atoms with van der Waals surface area (Å²) in [5, 5.41) is 11.9. The van der Waals surface area contributed by atoms with E-state index in [-0.39, 0.29) is 17.0 Å². The van der Waals surface area contributed by atoms with E-state index in [0.29, 0.717) is 22.0 Å². The number of imidazole rings is 1. The van der Waals surface area contributed by atoms with Gasteiger partial charge in [0.05, 0.1) is 27.5 Å². The number of benzene rings is 1. The van der Waals surface area contributed by atoms with Crippen LogP contribution in [0.1, 0.15) is 34.1 Å². The fourth-order valence-electron chi connectivity index (χ4n) is 4.68. The van der Waals surface area contributed by atoms with Crippen LogP contribution in [0.3, 0.4) is 0 Å². The molecule has 5 heterocycles. The number of Topliss-reactive ketones (excluding diaryl/α,β-unsaturated/α-hetero) is 1. The van der Waals surface area contributed by atoms with Crippen LogP contribution in [0.5, 0.6) is 0 Å². The van der Waals surface area contributed by atoms with Gasteiger partial charge in [0.25, 0.3) is 5.78 Å². The number of thiazole rings is 1. The van der Waals surface area contributed by atoms with Gasteiger partial charge in [-0.05, 0) is 61.7 Å². The fourth-order valence-corrected chi connectivity index (χ4v) is 5.77. The second-order valence-corrected chi connectivity index (χ2v) is 9.86. The molecule has 0 radical (unpaired) electrons. The highest BCUT2D eigenvalue weighted by molar-refractivity contribution is 7.22. The Labute approximate surface area is 210 Å². The largest absolute Gasteiger partial charge is 0.505 e. The second kappa shape index (κ2) is 8.10. The third-order valence-electron chi connectivity index (χ3n) is 6.49. The SMILES string of the molecule is Cc1ccc2nc(N3C(=O)C(=O)/C(=C(/O)c4nc5c(C)cccn5c4C)C3c3cccnc3)sc2c1. The van der Waals surface area contributed by atoms with Crippen molar-refractivity contribution in [3.05, 3.63) is 94.7 Å². The molecule has 1 saturated heterocycles. The van der Waals surface area contributed by atoms with E-state index in [1.807, 2.05) is 61.7 Å². The molecule has 1 aliphatic heterocycles. The molecule has 0 spiro atoms. The van der Waals surface area contributed by atoms with E-state index in [0.717, 1.165) is 21.3 Å². The Balaban J connectivity index is 1.59. The number of carbonyl (C=O) groups is 2. The van der Waals surface area contributed by atoms with Crippen LogP contribution >= 0.6 is 11.3 Å². The molecule has 1 amide bonds. The summed E-state index contributed by atoms with van der Waals surface area (Å²) in [6.45, 7) is 5.73. The average molecular weight is 496 g/mol. The molecule has 1 aromatic carbocycles. The molecule has 8 nitrogen and oxygen atoms in total. The van der Waals surface area contributed by atoms with E-state index < -0.39 is 17.7 Å². The molecule has 9 heteroatoms. The number of pyridine rings is 2. The zero-order chi connectivity index (χ0) is 25.1. The predicted molar refractivity (Wildman–Crippen MR) is 138 cm³/mol. The van der Waals surface area contributed by atoms with Gasteiger partial charge in [0.15, 0.2) is 10.9 Å². The first-order chi connectivity index (χ1) is 17.3. The smallest absolute Gasteiger partial charge is 0.301 e. The molecule has 4 aromatic heterocycles. The maximum Gasteiger partial charge on any atom is 0.301 e. The lowest BCUT2D eigenvalue weighted by molar-refractivity contribution is -0.132.